The summed E-state index contributed by atoms with van der Waals surface area (Å²) in [7, 11) is 0. The standard InChI is InChI=1S/C9H14N2OS/c10-4-3-8(12)7-5-13-9(11-7)6-1-2-6/h5-6,8,12H,1-4,10H2/t8-/m0/s1. The summed E-state index contributed by atoms with van der Waals surface area (Å²) in [6.45, 7) is 0.511. The minimum atomic E-state index is -0.464. The van der Waals surface area contributed by atoms with Crippen LogP contribution in [0.5, 0.6) is 0 Å². The summed E-state index contributed by atoms with van der Waals surface area (Å²) in [5, 5.41) is 12.7. The molecule has 0 aliphatic heterocycles. The molecule has 4 heteroatoms. The molecule has 0 unspecified atom stereocenters. The van der Waals surface area contributed by atoms with Crippen molar-refractivity contribution in [2.75, 3.05) is 6.54 Å². The number of aliphatic hydroxyl groups is 1. The third-order valence-corrected chi connectivity index (χ3v) is 3.27. The van der Waals surface area contributed by atoms with Crippen LogP contribution in [0.2, 0.25) is 0 Å². The highest BCUT2D eigenvalue weighted by atomic mass is 32.1. The van der Waals surface area contributed by atoms with Gasteiger partial charge in [0, 0.05) is 11.3 Å². The second-order valence-corrected chi connectivity index (χ2v) is 4.37. The molecule has 13 heavy (non-hydrogen) atoms. The van der Waals surface area contributed by atoms with Crippen LogP contribution in [0.3, 0.4) is 0 Å². The van der Waals surface area contributed by atoms with Gasteiger partial charge in [-0.1, -0.05) is 0 Å². The third kappa shape index (κ3) is 2.07. The lowest BCUT2D eigenvalue weighted by Gasteiger charge is -2.03. The third-order valence-electron chi connectivity index (χ3n) is 2.25. The molecule has 1 aliphatic carbocycles. The molecule has 1 fully saturated rings. The second-order valence-electron chi connectivity index (χ2n) is 3.48. The van der Waals surface area contributed by atoms with Crippen LogP contribution >= 0.6 is 11.3 Å². The minimum Gasteiger partial charge on any atom is -0.387 e. The van der Waals surface area contributed by atoms with Crippen LogP contribution in [-0.2, 0) is 0 Å². The fraction of sp³-hybridized carbons (Fsp3) is 0.667. The number of rotatable bonds is 4. The van der Waals surface area contributed by atoms with E-state index in [9.17, 15) is 5.11 Å². The van der Waals surface area contributed by atoms with Gasteiger partial charge in [-0.25, -0.2) is 4.98 Å². The van der Waals surface area contributed by atoms with E-state index in [1.54, 1.807) is 11.3 Å². The Bertz CT molecular complexity index is 283. The van der Waals surface area contributed by atoms with Crippen LogP contribution < -0.4 is 5.73 Å². The van der Waals surface area contributed by atoms with E-state index in [0.717, 1.165) is 5.69 Å². The van der Waals surface area contributed by atoms with Gasteiger partial charge in [0.2, 0.25) is 0 Å². The monoisotopic (exact) mass is 198 g/mol. The molecule has 1 aromatic heterocycles. The predicted molar refractivity (Wildman–Crippen MR) is 52.7 cm³/mol. The summed E-state index contributed by atoms with van der Waals surface area (Å²) < 4.78 is 0. The van der Waals surface area contributed by atoms with E-state index in [-0.39, 0.29) is 0 Å². The Morgan fingerprint density at radius 2 is 2.46 bits per heavy atom. The zero-order valence-corrected chi connectivity index (χ0v) is 8.26. The van der Waals surface area contributed by atoms with Crippen molar-refractivity contribution in [3.63, 3.8) is 0 Å². The molecular weight excluding hydrogens is 184 g/mol. The first-order valence-corrected chi connectivity index (χ1v) is 5.52. The van der Waals surface area contributed by atoms with Crippen molar-refractivity contribution in [3.8, 4) is 0 Å². The largest absolute Gasteiger partial charge is 0.387 e. The molecule has 3 nitrogen and oxygen atoms in total. The van der Waals surface area contributed by atoms with Gasteiger partial charge in [0.25, 0.3) is 0 Å². The van der Waals surface area contributed by atoms with Crippen molar-refractivity contribution in [3.05, 3.63) is 16.1 Å². The van der Waals surface area contributed by atoms with Crippen LogP contribution in [-0.4, -0.2) is 16.6 Å². The average molecular weight is 198 g/mol. The van der Waals surface area contributed by atoms with E-state index in [1.807, 2.05) is 5.38 Å². The molecule has 1 atom stereocenters. The second kappa shape index (κ2) is 3.74. The number of aliphatic hydroxyl groups excluding tert-OH is 1. The number of hydrogen-bond acceptors (Lipinski definition) is 4. The molecule has 0 radical (unpaired) electrons. The highest BCUT2D eigenvalue weighted by Gasteiger charge is 2.27. The molecule has 0 bridgehead atoms. The zero-order valence-electron chi connectivity index (χ0n) is 7.44. The van der Waals surface area contributed by atoms with Gasteiger partial charge in [-0.3, -0.25) is 0 Å². The Morgan fingerprint density at radius 1 is 1.69 bits per heavy atom. The van der Waals surface area contributed by atoms with Gasteiger partial charge < -0.3 is 10.8 Å². The van der Waals surface area contributed by atoms with Crippen molar-refractivity contribution in [2.45, 2.75) is 31.3 Å². The van der Waals surface area contributed by atoms with Gasteiger partial charge in [0.1, 0.15) is 0 Å². The van der Waals surface area contributed by atoms with E-state index >= 15 is 0 Å². The molecule has 3 N–H and O–H groups in total. The van der Waals surface area contributed by atoms with Crippen molar-refractivity contribution < 1.29 is 5.11 Å². The zero-order chi connectivity index (χ0) is 9.26. The summed E-state index contributed by atoms with van der Waals surface area (Å²) in [5.74, 6) is 0.684. The Morgan fingerprint density at radius 3 is 3.08 bits per heavy atom. The normalized spacial score (nSPS) is 18.9. The molecule has 1 heterocycles. The molecule has 1 aromatic rings. The first-order valence-electron chi connectivity index (χ1n) is 4.64. The van der Waals surface area contributed by atoms with Gasteiger partial charge in [-0.2, -0.15) is 0 Å². The Labute approximate surface area is 81.6 Å². The summed E-state index contributed by atoms with van der Waals surface area (Å²) >= 11 is 1.66. The topological polar surface area (TPSA) is 59.1 Å². The Balaban J connectivity index is 2.03. The minimum absolute atomic E-state index is 0.464. The van der Waals surface area contributed by atoms with Crippen LogP contribution in [0.15, 0.2) is 5.38 Å². The van der Waals surface area contributed by atoms with Crippen LogP contribution in [0.25, 0.3) is 0 Å². The molecule has 0 saturated heterocycles. The van der Waals surface area contributed by atoms with E-state index in [1.165, 1.54) is 17.8 Å². The van der Waals surface area contributed by atoms with Crippen molar-refractivity contribution >= 4 is 11.3 Å². The molecule has 1 aliphatic rings. The van der Waals surface area contributed by atoms with E-state index < -0.39 is 6.10 Å². The highest BCUT2D eigenvalue weighted by molar-refractivity contribution is 7.09. The molecular formula is C9H14N2OS. The van der Waals surface area contributed by atoms with Gasteiger partial charge in [0.15, 0.2) is 0 Å². The van der Waals surface area contributed by atoms with Gasteiger partial charge in [0.05, 0.1) is 16.8 Å². The summed E-state index contributed by atoms with van der Waals surface area (Å²) in [5.41, 5.74) is 6.16. The Hall–Kier alpha value is -0.450. The van der Waals surface area contributed by atoms with Crippen molar-refractivity contribution in [1.82, 2.24) is 4.98 Å². The lowest BCUT2D eigenvalue weighted by molar-refractivity contribution is 0.166. The maximum atomic E-state index is 9.60. The smallest absolute Gasteiger partial charge is 0.0980 e. The van der Waals surface area contributed by atoms with Gasteiger partial charge >= 0.3 is 0 Å². The molecule has 1 saturated carbocycles. The summed E-state index contributed by atoms with van der Waals surface area (Å²) in [4.78, 5) is 4.40. The van der Waals surface area contributed by atoms with Gasteiger partial charge in [-0.05, 0) is 25.8 Å². The van der Waals surface area contributed by atoms with E-state index in [4.69, 9.17) is 5.73 Å². The van der Waals surface area contributed by atoms with Crippen molar-refractivity contribution in [2.24, 2.45) is 5.73 Å². The summed E-state index contributed by atoms with van der Waals surface area (Å²) in [6, 6.07) is 0. The lowest BCUT2D eigenvalue weighted by atomic mass is 10.2. The lowest BCUT2D eigenvalue weighted by Crippen LogP contribution is -2.06. The fourth-order valence-corrected chi connectivity index (χ4v) is 2.31. The molecule has 72 valence electrons. The average Bonchev–Trinajstić information content (AvgIpc) is 2.84. The maximum absolute atomic E-state index is 9.60. The number of nitrogens with zero attached hydrogens (tertiary/aromatic N) is 1. The van der Waals surface area contributed by atoms with Crippen LogP contribution in [0, 0.1) is 0 Å². The highest BCUT2D eigenvalue weighted by Crippen LogP contribution is 2.41. The number of thiazole rings is 1. The number of hydrogen-bond donors (Lipinski definition) is 2. The molecule has 0 aromatic carbocycles. The molecule has 0 spiro atoms. The van der Waals surface area contributed by atoms with Crippen LogP contribution in [0.4, 0.5) is 0 Å². The predicted octanol–water partition coefficient (Wildman–Crippen LogP) is 1.40. The number of aromatic nitrogens is 1. The first kappa shape index (κ1) is 9.12. The molecule has 2 rings (SSSR count). The maximum Gasteiger partial charge on any atom is 0.0980 e. The first-order chi connectivity index (χ1) is 6.31. The summed E-state index contributed by atoms with van der Waals surface area (Å²) in [6.07, 6.45) is 2.67. The Kier molecular flexibility index (Phi) is 2.62. The molecule has 0 amide bonds. The quantitative estimate of drug-likeness (QED) is 0.769. The van der Waals surface area contributed by atoms with E-state index in [0.29, 0.717) is 18.9 Å². The number of nitrogens with two attached hydrogens (primary N) is 1. The fourth-order valence-electron chi connectivity index (χ4n) is 1.28. The van der Waals surface area contributed by atoms with Crippen molar-refractivity contribution in [1.29, 1.82) is 0 Å². The van der Waals surface area contributed by atoms with E-state index in [2.05, 4.69) is 4.98 Å². The van der Waals surface area contributed by atoms with Gasteiger partial charge in [-0.15, -0.1) is 11.3 Å². The SMILES string of the molecule is NCC[C@H](O)c1csc(C2CC2)n1. The van der Waals surface area contributed by atoms with Crippen LogP contribution in [0.1, 0.15) is 42.0 Å².